The second kappa shape index (κ2) is 6.15. The first kappa shape index (κ1) is 15.3. The van der Waals surface area contributed by atoms with Crippen molar-refractivity contribution in [3.8, 4) is 11.5 Å². The Morgan fingerprint density at radius 1 is 1.10 bits per heavy atom. The van der Waals surface area contributed by atoms with E-state index >= 15 is 0 Å². The van der Waals surface area contributed by atoms with Crippen LogP contribution in [0.25, 0.3) is 0 Å². The summed E-state index contributed by atoms with van der Waals surface area (Å²) in [6.07, 6.45) is 0. The molecule has 0 aliphatic heterocycles. The monoisotopic (exact) mass is 307 g/mol. The Balaban J connectivity index is 2.32. The highest BCUT2D eigenvalue weighted by molar-refractivity contribution is 7.89. The number of hydrogen-bond acceptors (Lipinski definition) is 4. The molecule has 0 atom stereocenters. The maximum absolute atomic E-state index is 12.5. The molecule has 112 valence electrons. The van der Waals surface area contributed by atoms with Crippen LogP contribution in [0.4, 0.5) is 0 Å². The molecule has 2 aromatic carbocycles. The molecule has 6 heteroatoms. The fourth-order valence-corrected chi connectivity index (χ4v) is 3.23. The second-order valence-corrected chi connectivity index (χ2v) is 6.55. The molecule has 0 amide bonds. The van der Waals surface area contributed by atoms with Gasteiger partial charge in [-0.05, 0) is 18.2 Å². The zero-order valence-electron chi connectivity index (χ0n) is 11.9. The molecule has 5 nitrogen and oxygen atoms in total. The average Bonchev–Trinajstić information content (AvgIpc) is 2.48. The predicted molar refractivity (Wildman–Crippen MR) is 79.8 cm³/mol. The summed E-state index contributed by atoms with van der Waals surface area (Å²) in [4.78, 5) is -0.109. The highest BCUT2D eigenvalue weighted by Gasteiger charge is 2.24. The average molecular weight is 307 g/mol. The van der Waals surface area contributed by atoms with Crippen molar-refractivity contribution >= 4 is 10.0 Å². The lowest BCUT2D eigenvalue weighted by Gasteiger charge is -2.19. The third-order valence-corrected chi connectivity index (χ3v) is 4.99. The van der Waals surface area contributed by atoms with E-state index in [0.717, 1.165) is 5.56 Å². The summed E-state index contributed by atoms with van der Waals surface area (Å²) < 4.78 is 31.4. The van der Waals surface area contributed by atoms with Crippen LogP contribution in [0.5, 0.6) is 11.5 Å². The van der Waals surface area contributed by atoms with Crippen LogP contribution in [0.15, 0.2) is 53.4 Å². The molecule has 2 rings (SSSR count). The lowest BCUT2D eigenvalue weighted by Crippen LogP contribution is -2.26. The second-order valence-electron chi connectivity index (χ2n) is 4.54. The number of benzene rings is 2. The zero-order valence-corrected chi connectivity index (χ0v) is 12.7. The fourth-order valence-electron chi connectivity index (χ4n) is 2.00. The summed E-state index contributed by atoms with van der Waals surface area (Å²) in [6.45, 7) is 0.153. The van der Waals surface area contributed by atoms with Gasteiger partial charge in [0.15, 0.2) is 0 Å². The SMILES string of the molecule is COc1ccccc1CN(C)S(=O)(=O)c1ccccc1O. The maximum atomic E-state index is 12.5. The van der Waals surface area contributed by atoms with Crippen molar-refractivity contribution in [3.63, 3.8) is 0 Å². The van der Waals surface area contributed by atoms with Crippen molar-refractivity contribution < 1.29 is 18.3 Å². The van der Waals surface area contributed by atoms with Gasteiger partial charge in [-0.15, -0.1) is 0 Å². The van der Waals surface area contributed by atoms with Gasteiger partial charge in [-0.25, -0.2) is 8.42 Å². The van der Waals surface area contributed by atoms with Gasteiger partial charge in [-0.2, -0.15) is 4.31 Å². The van der Waals surface area contributed by atoms with Crippen molar-refractivity contribution in [3.05, 3.63) is 54.1 Å². The highest BCUT2D eigenvalue weighted by Crippen LogP contribution is 2.27. The Morgan fingerprint density at radius 2 is 1.71 bits per heavy atom. The summed E-state index contributed by atoms with van der Waals surface area (Å²) in [6, 6.07) is 13.1. The number of hydrogen-bond donors (Lipinski definition) is 1. The van der Waals surface area contributed by atoms with E-state index in [4.69, 9.17) is 4.74 Å². The molecule has 0 saturated carbocycles. The van der Waals surface area contributed by atoms with Gasteiger partial charge in [-0.3, -0.25) is 0 Å². The Morgan fingerprint density at radius 3 is 2.38 bits per heavy atom. The molecule has 0 radical (unpaired) electrons. The summed E-state index contributed by atoms with van der Waals surface area (Å²) in [5.41, 5.74) is 0.751. The molecule has 0 saturated heterocycles. The number of aromatic hydroxyl groups is 1. The van der Waals surface area contributed by atoms with Crippen molar-refractivity contribution in [2.45, 2.75) is 11.4 Å². The molecule has 0 aliphatic carbocycles. The number of nitrogens with zero attached hydrogens (tertiary/aromatic N) is 1. The highest BCUT2D eigenvalue weighted by atomic mass is 32.2. The first-order valence-electron chi connectivity index (χ1n) is 6.33. The van der Waals surface area contributed by atoms with E-state index < -0.39 is 10.0 Å². The van der Waals surface area contributed by atoms with Gasteiger partial charge in [0.05, 0.1) is 7.11 Å². The summed E-state index contributed by atoms with van der Waals surface area (Å²) in [7, 11) is -0.761. The minimum absolute atomic E-state index is 0.109. The van der Waals surface area contributed by atoms with E-state index in [1.807, 2.05) is 12.1 Å². The topological polar surface area (TPSA) is 66.8 Å². The van der Waals surface area contributed by atoms with Crippen LogP contribution in [0.1, 0.15) is 5.56 Å². The van der Waals surface area contributed by atoms with Crippen LogP contribution in [0.3, 0.4) is 0 Å². The molecule has 1 N–H and O–H groups in total. The first-order chi connectivity index (χ1) is 9.96. The van der Waals surface area contributed by atoms with E-state index in [2.05, 4.69) is 0 Å². The normalized spacial score (nSPS) is 11.6. The largest absolute Gasteiger partial charge is 0.507 e. The molecule has 0 fully saturated rings. The molecule has 0 heterocycles. The standard InChI is InChI=1S/C15H17NO4S/c1-16(11-12-7-3-5-9-14(12)20-2)21(18,19)15-10-6-4-8-13(15)17/h3-10,17H,11H2,1-2H3. The van der Waals surface area contributed by atoms with Gasteiger partial charge >= 0.3 is 0 Å². The van der Waals surface area contributed by atoms with Crippen LogP contribution in [0, 0.1) is 0 Å². The minimum Gasteiger partial charge on any atom is -0.507 e. The van der Waals surface area contributed by atoms with Gasteiger partial charge in [0.1, 0.15) is 16.4 Å². The van der Waals surface area contributed by atoms with Crippen molar-refractivity contribution in [2.75, 3.05) is 14.2 Å². The van der Waals surface area contributed by atoms with Crippen LogP contribution >= 0.6 is 0 Å². The van der Waals surface area contributed by atoms with E-state index in [-0.39, 0.29) is 17.2 Å². The smallest absolute Gasteiger partial charge is 0.246 e. The molecule has 21 heavy (non-hydrogen) atoms. The fraction of sp³-hybridized carbons (Fsp3) is 0.200. The van der Waals surface area contributed by atoms with Crippen LogP contribution < -0.4 is 4.74 Å². The molecule has 0 bridgehead atoms. The number of rotatable bonds is 5. The minimum atomic E-state index is -3.77. The quantitative estimate of drug-likeness (QED) is 0.920. The van der Waals surface area contributed by atoms with Crippen LogP contribution in [0.2, 0.25) is 0 Å². The van der Waals surface area contributed by atoms with E-state index in [0.29, 0.717) is 5.75 Å². The molecule has 2 aromatic rings. The van der Waals surface area contributed by atoms with E-state index in [9.17, 15) is 13.5 Å². The molecule has 0 unspecified atom stereocenters. The summed E-state index contributed by atoms with van der Waals surface area (Å²) in [5, 5.41) is 9.73. The first-order valence-corrected chi connectivity index (χ1v) is 7.77. The van der Waals surface area contributed by atoms with E-state index in [1.165, 1.54) is 30.6 Å². The molecule has 0 aliphatic rings. The Kier molecular flexibility index (Phi) is 4.50. The molecular formula is C15H17NO4S. The van der Waals surface area contributed by atoms with E-state index in [1.54, 1.807) is 24.3 Å². The van der Waals surface area contributed by atoms with Crippen LogP contribution in [-0.2, 0) is 16.6 Å². The molecular weight excluding hydrogens is 290 g/mol. The van der Waals surface area contributed by atoms with Gasteiger partial charge in [0.25, 0.3) is 0 Å². The summed E-state index contributed by atoms with van der Waals surface area (Å²) >= 11 is 0. The van der Waals surface area contributed by atoms with Crippen molar-refractivity contribution in [1.29, 1.82) is 0 Å². The van der Waals surface area contributed by atoms with Crippen molar-refractivity contribution in [2.24, 2.45) is 0 Å². The predicted octanol–water partition coefficient (Wildman–Crippen LogP) is 2.22. The number of sulfonamides is 1. The molecule has 0 spiro atoms. The van der Waals surface area contributed by atoms with Gasteiger partial charge in [0.2, 0.25) is 10.0 Å². The Labute approximate surface area is 124 Å². The third-order valence-electron chi connectivity index (χ3n) is 3.14. The third kappa shape index (κ3) is 3.17. The summed E-state index contributed by atoms with van der Waals surface area (Å²) in [5.74, 6) is 0.362. The molecule has 0 aromatic heterocycles. The Hall–Kier alpha value is -2.05. The van der Waals surface area contributed by atoms with Gasteiger partial charge in [-0.1, -0.05) is 30.3 Å². The Bertz CT molecular complexity index is 728. The van der Waals surface area contributed by atoms with Gasteiger partial charge < -0.3 is 9.84 Å². The number of para-hydroxylation sites is 2. The lowest BCUT2D eigenvalue weighted by atomic mass is 10.2. The van der Waals surface area contributed by atoms with Gasteiger partial charge in [0, 0.05) is 19.2 Å². The lowest BCUT2D eigenvalue weighted by molar-refractivity contribution is 0.397. The number of methoxy groups -OCH3 is 1. The number of phenols is 1. The zero-order chi connectivity index (χ0) is 15.5. The van der Waals surface area contributed by atoms with Crippen molar-refractivity contribution in [1.82, 2.24) is 4.31 Å². The number of phenolic OH excluding ortho intramolecular Hbond substituents is 1. The number of ether oxygens (including phenoxy) is 1. The van der Waals surface area contributed by atoms with Crippen LogP contribution in [-0.4, -0.2) is 32.0 Å². The maximum Gasteiger partial charge on any atom is 0.246 e.